The summed E-state index contributed by atoms with van der Waals surface area (Å²) in [5, 5.41) is 6.88. The van der Waals surface area contributed by atoms with E-state index in [0.29, 0.717) is 17.9 Å². The number of hydrogen-bond donors (Lipinski definition) is 2. The molecule has 0 aromatic rings. The van der Waals surface area contributed by atoms with E-state index >= 15 is 0 Å². The number of nitrogens with one attached hydrogen (secondary N) is 2. The van der Waals surface area contributed by atoms with Gasteiger partial charge >= 0.3 is 0 Å². The van der Waals surface area contributed by atoms with Gasteiger partial charge in [0.2, 0.25) is 5.91 Å². The van der Waals surface area contributed by atoms with Gasteiger partial charge in [0.1, 0.15) is 0 Å². The van der Waals surface area contributed by atoms with Gasteiger partial charge in [-0.25, -0.2) is 0 Å². The Bertz CT molecular complexity index is 358. The van der Waals surface area contributed by atoms with Gasteiger partial charge in [-0.1, -0.05) is 12.8 Å². The predicted molar refractivity (Wildman–Crippen MR) is 74.6 cm³/mol. The van der Waals surface area contributed by atoms with Gasteiger partial charge < -0.3 is 10.6 Å². The fourth-order valence-electron chi connectivity index (χ4n) is 5.11. The number of carbonyl (C=O) groups excluding carboxylic acids is 1. The molecule has 1 amide bonds. The highest BCUT2D eigenvalue weighted by molar-refractivity contribution is 5.82. The number of hydrogen-bond acceptors (Lipinski definition) is 2. The highest BCUT2D eigenvalue weighted by atomic mass is 16.2. The lowest BCUT2D eigenvalue weighted by Gasteiger charge is -2.31. The highest BCUT2D eigenvalue weighted by Crippen LogP contribution is 2.55. The number of rotatable bonds is 2. The van der Waals surface area contributed by atoms with Crippen LogP contribution in [0.15, 0.2) is 0 Å². The molecule has 3 heteroatoms. The molecule has 1 saturated heterocycles. The lowest BCUT2D eigenvalue weighted by Crippen LogP contribution is -2.41. The molecule has 3 unspecified atom stereocenters. The molecule has 0 bridgehead atoms. The molecule has 0 radical (unpaired) electrons. The zero-order valence-corrected chi connectivity index (χ0v) is 11.7. The molecule has 4 aliphatic rings. The van der Waals surface area contributed by atoms with Crippen LogP contribution in [0.4, 0.5) is 0 Å². The van der Waals surface area contributed by atoms with Crippen LogP contribution in [0.1, 0.15) is 44.9 Å². The molecule has 0 spiro atoms. The minimum atomic E-state index is 0.391. The quantitative estimate of drug-likeness (QED) is 0.798. The lowest BCUT2D eigenvalue weighted by molar-refractivity contribution is -0.124. The van der Waals surface area contributed by atoms with Crippen LogP contribution >= 0.6 is 0 Å². The summed E-state index contributed by atoms with van der Waals surface area (Å²) in [5.41, 5.74) is 0. The van der Waals surface area contributed by atoms with Gasteiger partial charge in [0, 0.05) is 12.0 Å². The first kappa shape index (κ1) is 12.2. The van der Waals surface area contributed by atoms with Crippen molar-refractivity contribution in [3.05, 3.63) is 0 Å². The summed E-state index contributed by atoms with van der Waals surface area (Å²) >= 11 is 0. The van der Waals surface area contributed by atoms with E-state index in [9.17, 15) is 4.79 Å². The third-order valence-electron chi connectivity index (χ3n) is 6.26. The van der Waals surface area contributed by atoms with Crippen LogP contribution in [0.3, 0.4) is 0 Å². The number of fused-ring (bicyclic) bond motifs is 2. The van der Waals surface area contributed by atoms with Crippen LogP contribution in [-0.4, -0.2) is 25.0 Å². The van der Waals surface area contributed by atoms with E-state index in [1.807, 2.05) is 0 Å². The summed E-state index contributed by atoms with van der Waals surface area (Å²) < 4.78 is 0. The molecule has 0 aromatic heterocycles. The smallest absolute Gasteiger partial charge is 0.223 e. The Labute approximate surface area is 115 Å². The molecule has 5 atom stereocenters. The maximum absolute atomic E-state index is 12.4. The molecule has 19 heavy (non-hydrogen) atoms. The first-order chi connectivity index (χ1) is 9.33. The SMILES string of the molecule is O=C(NC1CC[C@H]2CNC[C@H]2C1)C1C2CCCCC21. The monoisotopic (exact) mass is 262 g/mol. The molecule has 1 aliphatic heterocycles. The van der Waals surface area contributed by atoms with Gasteiger partial charge in [0.15, 0.2) is 0 Å². The minimum Gasteiger partial charge on any atom is -0.353 e. The molecule has 4 fully saturated rings. The van der Waals surface area contributed by atoms with Crippen LogP contribution in [0.2, 0.25) is 0 Å². The van der Waals surface area contributed by atoms with Crippen molar-refractivity contribution in [1.82, 2.24) is 10.6 Å². The second kappa shape index (κ2) is 4.76. The van der Waals surface area contributed by atoms with Gasteiger partial charge in [0.05, 0.1) is 0 Å². The molecule has 0 aromatic carbocycles. The van der Waals surface area contributed by atoms with E-state index in [-0.39, 0.29) is 0 Å². The Morgan fingerprint density at radius 3 is 2.47 bits per heavy atom. The first-order valence-electron chi connectivity index (χ1n) is 8.34. The van der Waals surface area contributed by atoms with E-state index in [1.54, 1.807) is 0 Å². The van der Waals surface area contributed by atoms with Gasteiger partial charge in [-0.2, -0.15) is 0 Å². The van der Waals surface area contributed by atoms with Crippen molar-refractivity contribution in [1.29, 1.82) is 0 Å². The van der Waals surface area contributed by atoms with Crippen LogP contribution in [0, 0.1) is 29.6 Å². The van der Waals surface area contributed by atoms with Crippen LogP contribution in [0.5, 0.6) is 0 Å². The van der Waals surface area contributed by atoms with Gasteiger partial charge in [-0.3, -0.25) is 4.79 Å². The van der Waals surface area contributed by atoms with Crippen LogP contribution in [0.25, 0.3) is 0 Å². The number of amides is 1. The van der Waals surface area contributed by atoms with Gasteiger partial charge in [0.25, 0.3) is 0 Å². The zero-order valence-electron chi connectivity index (χ0n) is 11.7. The van der Waals surface area contributed by atoms with Crippen molar-refractivity contribution in [3.8, 4) is 0 Å². The van der Waals surface area contributed by atoms with E-state index < -0.39 is 0 Å². The third-order valence-corrected chi connectivity index (χ3v) is 6.26. The third kappa shape index (κ3) is 2.20. The van der Waals surface area contributed by atoms with Gasteiger partial charge in [-0.05, 0) is 68.9 Å². The average Bonchev–Trinajstić information content (AvgIpc) is 2.98. The topological polar surface area (TPSA) is 41.1 Å². The second-order valence-electron chi connectivity index (χ2n) is 7.33. The first-order valence-corrected chi connectivity index (χ1v) is 8.34. The van der Waals surface area contributed by atoms with E-state index in [0.717, 1.165) is 23.7 Å². The standard InChI is InChI=1S/C16H26N2O/c19-16(15-13-3-1-2-4-14(13)15)18-12-6-5-10-8-17-9-11(10)7-12/h10-15,17H,1-9H2,(H,18,19)/t10-,11+,12?,13?,14?,15?/m0/s1. The highest BCUT2D eigenvalue weighted by Gasteiger charge is 2.55. The molecule has 3 aliphatic carbocycles. The summed E-state index contributed by atoms with van der Waals surface area (Å²) in [5.74, 6) is 3.99. The second-order valence-corrected chi connectivity index (χ2v) is 7.33. The average molecular weight is 262 g/mol. The molecule has 1 heterocycles. The normalized spacial score (nSPS) is 48.2. The molecular formula is C16H26N2O. The van der Waals surface area contributed by atoms with Crippen molar-refractivity contribution in [2.24, 2.45) is 29.6 Å². The van der Waals surface area contributed by atoms with E-state index in [1.165, 1.54) is 58.0 Å². The Hall–Kier alpha value is -0.570. The van der Waals surface area contributed by atoms with Crippen LogP contribution in [-0.2, 0) is 4.79 Å². The lowest BCUT2D eigenvalue weighted by atomic mass is 9.79. The summed E-state index contributed by atoms with van der Waals surface area (Å²) in [7, 11) is 0. The van der Waals surface area contributed by atoms with Crippen molar-refractivity contribution in [2.75, 3.05) is 13.1 Å². The maximum Gasteiger partial charge on any atom is 0.223 e. The molecule has 106 valence electrons. The summed E-state index contributed by atoms with van der Waals surface area (Å²) in [4.78, 5) is 12.4. The van der Waals surface area contributed by atoms with E-state index in [4.69, 9.17) is 0 Å². The van der Waals surface area contributed by atoms with E-state index in [2.05, 4.69) is 10.6 Å². The molecule has 2 N–H and O–H groups in total. The fourth-order valence-corrected chi connectivity index (χ4v) is 5.11. The Kier molecular flexibility index (Phi) is 3.06. The summed E-state index contributed by atoms with van der Waals surface area (Å²) in [6, 6.07) is 0.469. The Morgan fingerprint density at radius 1 is 0.947 bits per heavy atom. The van der Waals surface area contributed by atoms with Crippen molar-refractivity contribution >= 4 is 5.91 Å². The minimum absolute atomic E-state index is 0.391. The number of carbonyl (C=O) groups is 1. The van der Waals surface area contributed by atoms with Gasteiger partial charge in [-0.15, -0.1) is 0 Å². The van der Waals surface area contributed by atoms with Crippen LogP contribution < -0.4 is 10.6 Å². The maximum atomic E-state index is 12.4. The molecule has 3 saturated carbocycles. The molecule has 4 rings (SSSR count). The molecular weight excluding hydrogens is 236 g/mol. The zero-order chi connectivity index (χ0) is 12.8. The van der Waals surface area contributed by atoms with Crippen molar-refractivity contribution < 1.29 is 4.79 Å². The van der Waals surface area contributed by atoms with Crippen molar-refractivity contribution in [2.45, 2.75) is 51.0 Å². The summed E-state index contributed by atoms with van der Waals surface area (Å²) in [6.45, 7) is 2.38. The molecule has 3 nitrogen and oxygen atoms in total. The fraction of sp³-hybridized carbons (Fsp3) is 0.938. The predicted octanol–water partition coefficient (Wildman–Crippen LogP) is 1.93. The Morgan fingerprint density at radius 2 is 1.68 bits per heavy atom. The summed E-state index contributed by atoms with van der Waals surface area (Å²) in [6.07, 6.45) is 9.04. The largest absolute Gasteiger partial charge is 0.353 e. The van der Waals surface area contributed by atoms with Crippen molar-refractivity contribution in [3.63, 3.8) is 0 Å². The Balaban J connectivity index is 1.31.